The standard InChI is InChI=1S/C29H31F3N6O3S/c1-18-13-20(28-36-25(17-42-28)29(30,31)32)22(15-35-18)19-3-4-24-21(14-19)26(39)23(27(40)34-6-5-33-2)16-38(24)8-7-37-9-11-41-12-10-37/h3-4,13-17,33H,5-12H2,1-2H3,(H,34,40). The van der Waals surface area contributed by atoms with Gasteiger partial charge in [-0.05, 0) is 37.7 Å². The van der Waals surface area contributed by atoms with Crippen LogP contribution in [0.25, 0.3) is 32.6 Å². The van der Waals surface area contributed by atoms with Crippen LogP contribution in [0.5, 0.6) is 0 Å². The molecule has 222 valence electrons. The van der Waals surface area contributed by atoms with E-state index in [4.69, 9.17) is 4.74 Å². The Labute approximate surface area is 244 Å². The third kappa shape index (κ3) is 6.54. The number of morpholine rings is 1. The molecule has 1 aliphatic heterocycles. The van der Waals surface area contributed by atoms with Gasteiger partial charge in [0.25, 0.3) is 5.91 Å². The van der Waals surface area contributed by atoms with Crippen molar-refractivity contribution in [1.29, 1.82) is 0 Å². The van der Waals surface area contributed by atoms with Crippen molar-refractivity contribution < 1.29 is 22.7 Å². The summed E-state index contributed by atoms with van der Waals surface area (Å²) in [7, 11) is 1.77. The highest BCUT2D eigenvalue weighted by Crippen LogP contribution is 2.38. The lowest BCUT2D eigenvalue weighted by molar-refractivity contribution is -0.140. The number of benzene rings is 1. The molecule has 2 N–H and O–H groups in total. The normalized spacial score (nSPS) is 14.4. The predicted molar refractivity (Wildman–Crippen MR) is 156 cm³/mol. The highest BCUT2D eigenvalue weighted by Gasteiger charge is 2.34. The molecule has 0 spiro atoms. The largest absolute Gasteiger partial charge is 0.434 e. The molecule has 4 heterocycles. The maximum absolute atomic E-state index is 13.7. The van der Waals surface area contributed by atoms with Crippen molar-refractivity contribution in [3.8, 4) is 21.7 Å². The molecule has 1 aliphatic rings. The monoisotopic (exact) mass is 600 g/mol. The Bertz CT molecular complexity index is 1650. The third-order valence-corrected chi connectivity index (χ3v) is 8.00. The summed E-state index contributed by atoms with van der Waals surface area (Å²) >= 11 is 0.896. The molecular formula is C29H31F3N6O3S. The lowest BCUT2D eigenvalue weighted by atomic mass is 9.99. The molecule has 13 heteroatoms. The summed E-state index contributed by atoms with van der Waals surface area (Å²) < 4.78 is 47.3. The van der Waals surface area contributed by atoms with Gasteiger partial charge in [-0.25, -0.2) is 4.98 Å². The SMILES string of the molecule is CNCCNC(=O)c1cn(CCN2CCOCC2)c2ccc(-c3cnc(C)cc3-c3nc(C(F)(F)F)cs3)cc2c1=O. The molecule has 1 amide bonds. The molecule has 9 nitrogen and oxygen atoms in total. The van der Waals surface area contributed by atoms with Gasteiger partial charge in [0.1, 0.15) is 10.6 Å². The van der Waals surface area contributed by atoms with Gasteiger partial charge >= 0.3 is 6.18 Å². The summed E-state index contributed by atoms with van der Waals surface area (Å²) in [6.07, 6.45) is -1.38. The second-order valence-electron chi connectivity index (χ2n) is 10.0. The number of fused-ring (bicyclic) bond motifs is 1. The summed E-state index contributed by atoms with van der Waals surface area (Å²) in [5.41, 5.74) is 1.51. The Morgan fingerprint density at radius 1 is 1.12 bits per heavy atom. The molecule has 42 heavy (non-hydrogen) atoms. The van der Waals surface area contributed by atoms with Gasteiger partial charge in [0.05, 0.1) is 18.7 Å². The zero-order chi connectivity index (χ0) is 29.9. The fourth-order valence-corrected chi connectivity index (χ4v) is 5.73. The first kappa shape index (κ1) is 29.8. The van der Waals surface area contributed by atoms with Crippen LogP contribution in [0, 0.1) is 6.92 Å². The van der Waals surface area contributed by atoms with E-state index in [1.54, 1.807) is 44.6 Å². The van der Waals surface area contributed by atoms with E-state index in [0.717, 1.165) is 29.8 Å². The summed E-state index contributed by atoms with van der Waals surface area (Å²) in [6, 6.07) is 6.99. The molecule has 0 saturated carbocycles. The number of ether oxygens (including phenoxy) is 1. The molecule has 3 aromatic heterocycles. The maximum atomic E-state index is 13.7. The lowest BCUT2D eigenvalue weighted by Gasteiger charge is -2.27. The average Bonchev–Trinajstić information content (AvgIpc) is 3.49. The highest BCUT2D eigenvalue weighted by molar-refractivity contribution is 7.13. The molecule has 1 fully saturated rings. The molecule has 0 atom stereocenters. The first-order valence-electron chi connectivity index (χ1n) is 13.6. The highest BCUT2D eigenvalue weighted by atomic mass is 32.1. The van der Waals surface area contributed by atoms with Crippen molar-refractivity contribution in [2.75, 3.05) is 53.0 Å². The van der Waals surface area contributed by atoms with Gasteiger partial charge in [0, 0.05) is 79.2 Å². The summed E-state index contributed by atoms with van der Waals surface area (Å²) in [6.45, 7) is 6.82. The number of alkyl halides is 3. The molecule has 0 aliphatic carbocycles. The van der Waals surface area contributed by atoms with Crippen molar-refractivity contribution in [2.24, 2.45) is 0 Å². The molecule has 0 unspecified atom stereocenters. The number of nitrogens with zero attached hydrogens (tertiary/aromatic N) is 4. The zero-order valence-electron chi connectivity index (χ0n) is 23.3. The van der Waals surface area contributed by atoms with E-state index in [9.17, 15) is 22.8 Å². The van der Waals surface area contributed by atoms with Crippen molar-refractivity contribution in [2.45, 2.75) is 19.6 Å². The summed E-state index contributed by atoms with van der Waals surface area (Å²) in [5, 5.41) is 7.26. The maximum Gasteiger partial charge on any atom is 0.434 e. The Kier molecular flexibility index (Phi) is 9.02. The Hall–Kier alpha value is -3.65. The van der Waals surface area contributed by atoms with Crippen molar-refractivity contribution >= 4 is 28.1 Å². The Morgan fingerprint density at radius 3 is 2.62 bits per heavy atom. The van der Waals surface area contributed by atoms with E-state index in [2.05, 4.69) is 25.5 Å². The number of hydrogen-bond acceptors (Lipinski definition) is 8. The summed E-state index contributed by atoms with van der Waals surface area (Å²) in [5.74, 6) is -0.470. The second kappa shape index (κ2) is 12.7. The van der Waals surface area contributed by atoms with Crippen LogP contribution in [-0.2, 0) is 17.5 Å². The number of rotatable bonds is 9. The molecule has 1 aromatic carbocycles. The van der Waals surface area contributed by atoms with E-state index in [-0.39, 0.29) is 10.6 Å². The number of thiazole rings is 1. The molecule has 0 radical (unpaired) electrons. The van der Waals surface area contributed by atoms with Crippen LogP contribution in [0.15, 0.2) is 46.8 Å². The molecule has 1 saturated heterocycles. The minimum absolute atomic E-state index is 0.0229. The quantitative estimate of drug-likeness (QED) is 0.282. The fraction of sp³-hybridized carbons (Fsp3) is 0.379. The number of amides is 1. The number of likely N-dealkylation sites (N-methyl/N-ethyl adjacent to an activating group) is 1. The van der Waals surface area contributed by atoms with E-state index >= 15 is 0 Å². The van der Waals surface area contributed by atoms with Crippen molar-refractivity contribution in [3.63, 3.8) is 0 Å². The number of aromatic nitrogens is 3. The Balaban J connectivity index is 1.59. The Morgan fingerprint density at radius 2 is 1.90 bits per heavy atom. The van der Waals surface area contributed by atoms with Crippen molar-refractivity contribution in [1.82, 2.24) is 30.1 Å². The van der Waals surface area contributed by atoms with Crippen molar-refractivity contribution in [3.05, 3.63) is 69.2 Å². The number of carbonyl (C=O) groups is 1. The van der Waals surface area contributed by atoms with Gasteiger partial charge < -0.3 is 19.9 Å². The van der Waals surface area contributed by atoms with Gasteiger partial charge in [0.15, 0.2) is 5.69 Å². The van der Waals surface area contributed by atoms with Crippen LogP contribution in [0.4, 0.5) is 13.2 Å². The van der Waals surface area contributed by atoms with E-state index < -0.39 is 23.2 Å². The topological polar surface area (TPSA) is 101 Å². The van der Waals surface area contributed by atoms with Crippen LogP contribution in [0.3, 0.4) is 0 Å². The van der Waals surface area contributed by atoms with Crippen LogP contribution < -0.4 is 16.1 Å². The van der Waals surface area contributed by atoms with Crippen LogP contribution in [0.2, 0.25) is 0 Å². The van der Waals surface area contributed by atoms with Gasteiger partial charge in [-0.1, -0.05) is 6.07 Å². The smallest absolute Gasteiger partial charge is 0.379 e. The van der Waals surface area contributed by atoms with Gasteiger partial charge in [0.2, 0.25) is 5.43 Å². The minimum atomic E-state index is -4.56. The van der Waals surface area contributed by atoms with Crippen LogP contribution >= 0.6 is 11.3 Å². The number of nitrogens with one attached hydrogen (secondary N) is 2. The fourth-order valence-electron chi connectivity index (χ4n) is 4.88. The molecule has 0 bridgehead atoms. The molecule has 5 rings (SSSR count). The average molecular weight is 601 g/mol. The minimum Gasteiger partial charge on any atom is -0.379 e. The molecular weight excluding hydrogens is 569 g/mol. The summed E-state index contributed by atoms with van der Waals surface area (Å²) in [4.78, 5) is 37.2. The predicted octanol–water partition coefficient (Wildman–Crippen LogP) is 3.80. The third-order valence-electron chi connectivity index (χ3n) is 7.12. The zero-order valence-corrected chi connectivity index (χ0v) is 24.1. The molecule has 4 aromatic rings. The number of carbonyl (C=O) groups excluding carboxylic acids is 1. The number of hydrogen-bond donors (Lipinski definition) is 2. The van der Waals surface area contributed by atoms with Crippen LogP contribution in [0.1, 0.15) is 21.7 Å². The van der Waals surface area contributed by atoms with Gasteiger partial charge in [-0.3, -0.25) is 19.5 Å². The van der Waals surface area contributed by atoms with Gasteiger partial charge in [-0.2, -0.15) is 13.2 Å². The van der Waals surface area contributed by atoms with E-state index in [1.807, 2.05) is 10.6 Å². The first-order chi connectivity index (χ1) is 20.2. The van der Waals surface area contributed by atoms with Gasteiger partial charge in [-0.15, -0.1) is 11.3 Å². The number of halogens is 3. The van der Waals surface area contributed by atoms with Crippen LogP contribution in [-0.4, -0.2) is 78.3 Å². The number of pyridine rings is 2. The first-order valence-corrected chi connectivity index (χ1v) is 14.4. The lowest BCUT2D eigenvalue weighted by Crippen LogP contribution is -2.38. The van der Waals surface area contributed by atoms with E-state index in [1.165, 1.54) is 0 Å². The second-order valence-corrected chi connectivity index (χ2v) is 10.9. The number of aryl methyl sites for hydroxylation is 1. The van der Waals surface area contributed by atoms with E-state index in [0.29, 0.717) is 72.7 Å².